The molecule has 1 saturated heterocycles. The molecule has 0 bridgehead atoms. The molecule has 1 unspecified atom stereocenters. The van der Waals surface area contributed by atoms with Crippen LogP contribution in [0.5, 0.6) is 0 Å². The lowest BCUT2D eigenvalue weighted by Crippen LogP contribution is -2.49. The summed E-state index contributed by atoms with van der Waals surface area (Å²) < 4.78 is 7.66. The molecule has 3 rings (SSSR count). The van der Waals surface area contributed by atoms with Crippen LogP contribution in [0.4, 0.5) is 4.79 Å². The second-order valence-corrected chi connectivity index (χ2v) is 7.73. The van der Waals surface area contributed by atoms with Gasteiger partial charge in [0.15, 0.2) is 0 Å². The van der Waals surface area contributed by atoms with Crippen LogP contribution in [-0.2, 0) is 17.8 Å². The summed E-state index contributed by atoms with van der Waals surface area (Å²) in [5, 5.41) is 10.1. The van der Waals surface area contributed by atoms with E-state index in [2.05, 4.69) is 46.6 Å². The molecule has 1 aromatic carbocycles. The van der Waals surface area contributed by atoms with Gasteiger partial charge in [0.05, 0.1) is 19.3 Å². The first-order chi connectivity index (χ1) is 13.6. The number of rotatable bonds is 8. The SMILES string of the molecule is CC(C)CN1CCOC(CNC(=O)NCc2cccc(Cn3cccn3)c2)C1. The van der Waals surface area contributed by atoms with Crippen LogP contribution in [0.1, 0.15) is 25.0 Å². The van der Waals surface area contributed by atoms with E-state index in [0.717, 1.165) is 43.9 Å². The monoisotopic (exact) mass is 385 g/mol. The number of morpholine rings is 1. The van der Waals surface area contributed by atoms with Crippen molar-refractivity contribution < 1.29 is 9.53 Å². The molecular weight excluding hydrogens is 354 g/mol. The van der Waals surface area contributed by atoms with Crippen molar-refractivity contribution in [1.29, 1.82) is 0 Å². The van der Waals surface area contributed by atoms with Crippen LogP contribution in [0.3, 0.4) is 0 Å². The van der Waals surface area contributed by atoms with Gasteiger partial charge in [0, 0.05) is 45.1 Å². The molecule has 2 heterocycles. The normalized spacial score (nSPS) is 17.6. The zero-order valence-corrected chi connectivity index (χ0v) is 16.8. The standard InChI is InChI=1S/C21H31N5O2/c1-17(2)14-25-9-10-28-20(16-25)13-23-21(27)22-12-18-5-3-6-19(11-18)15-26-8-4-7-24-26/h3-8,11,17,20H,9-10,12-16H2,1-2H3,(H2,22,23,27). The molecule has 0 saturated carbocycles. The van der Waals surface area contributed by atoms with Gasteiger partial charge in [-0.2, -0.15) is 5.10 Å². The van der Waals surface area contributed by atoms with E-state index < -0.39 is 0 Å². The number of carbonyl (C=O) groups is 1. The maximum atomic E-state index is 12.2. The lowest BCUT2D eigenvalue weighted by molar-refractivity contribution is -0.0290. The van der Waals surface area contributed by atoms with Crippen LogP contribution in [0.25, 0.3) is 0 Å². The van der Waals surface area contributed by atoms with E-state index in [1.54, 1.807) is 6.20 Å². The van der Waals surface area contributed by atoms with Gasteiger partial charge in [-0.1, -0.05) is 38.1 Å². The molecule has 2 aromatic rings. The molecule has 7 nitrogen and oxygen atoms in total. The summed E-state index contributed by atoms with van der Waals surface area (Å²) in [6.45, 7) is 9.82. The number of ether oxygens (including phenoxy) is 1. The second-order valence-electron chi connectivity index (χ2n) is 7.73. The Labute approximate surface area is 167 Å². The van der Waals surface area contributed by atoms with Gasteiger partial charge in [0.1, 0.15) is 0 Å². The Morgan fingerprint density at radius 3 is 2.93 bits per heavy atom. The third-order valence-electron chi connectivity index (χ3n) is 4.68. The lowest BCUT2D eigenvalue weighted by atomic mass is 10.1. The number of amides is 2. The Morgan fingerprint density at radius 2 is 2.14 bits per heavy atom. The maximum absolute atomic E-state index is 12.2. The van der Waals surface area contributed by atoms with Crippen LogP contribution in [0, 0.1) is 5.92 Å². The van der Waals surface area contributed by atoms with E-state index in [1.807, 2.05) is 29.1 Å². The minimum Gasteiger partial charge on any atom is -0.374 e. The molecular formula is C21H31N5O2. The zero-order valence-electron chi connectivity index (χ0n) is 16.8. The van der Waals surface area contributed by atoms with Gasteiger partial charge in [-0.25, -0.2) is 4.79 Å². The summed E-state index contributed by atoms with van der Waals surface area (Å²) in [4.78, 5) is 14.6. The zero-order chi connectivity index (χ0) is 19.8. The number of nitrogens with zero attached hydrogens (tertiary/aromatic N) is 3. The first-order valence-corrected chi connectivity index (χ1v) is 9.99. The minimum absolute atomic E-state index is 0.0515. The highest BCUT2D eigenvalue weighted by Gasteiger charge is 2.21. The van der Waals surface area contributed by atoms with Gasteiger partial charge in [-0.05, 0) is 23.1 Å². The summed E-state index contributed by atoms with van der Waals surface area (Å²) in [6, 6.07) is 9.92. The average Bonchev–Trinajstić information content (AvgIpc) is 3.18. The first-order valence-electron chi connectivity index (χ1n) is 9.99. The summed E-state index contributed by atoms with van der Waals surface area (Å²) >= 11 is 0. The maximum Gasteiger partial charge on any atom is 0.315 e. The molecule has 1 atom stereocenters. The molecule has 1 aromatic heterocycles. The fourth-order valence-electron chi connectivity index (χ4n) is 3.46. The topological polar surface area (TPSA) is 71.4 Å². The predicted molar refractivity (Wildman–Crippen MR) is 109 cm³/mol. The molecule has 0 radical (unpaired) electrons. The van der Waals surface area contributed by atoms with Crippen molar-refractivity contribution in [3.8, 4) is 0 Å². The number of benzene rings is 1. The van der Waals surface area contributed by atoms with Crippen molar-refractivity contribution in [3.63, 3.8) is 0 Å². The molecule has 28 heavy (non-hydrogen) atoms. The number of hydrogen-bond acceptors (Lipinski definition) is 4. The first kappa shape index (κ1) is 20.4. The number of hydrogen-bond donors (Lipinski definition) is 2. The number of urea groups is 1. The fraction of sp³-hybridized carbons (Fsp3) is 0.524. The van der Waals surface area contributed by atoms with Crippen molar-refractivity contribution in [2.75, 3.05) is 32.8 Å². The lowest BCUT2D eigenvalue weighted by Gasteiger charge is -2.33. The highest BCUT2D eigenvalue weighted by atomic mass is 16.5. The molecule has 1 aliphatic heterocycles. The Hall–Kier alpha value is -2.38. The van der Waals surface area contributed by atoms with Gasteiger partial charge in [0.2, 0.25) is 0 Å². The Balaban J connectivity index is 1.39. The third kappa shape index (κ3) is 6.65. The van der Waals surface area contributed by atoms with Crippen molar-refractivity contribution in [3.05, 3.63) is 53.9 Å². The highest BCUT2D eigenvalue weighted by Crippen LogP contribution is 2.08. The molecule has 1 fully saturated rings. The van der Waals surface area contributed by atoms with E-state index in [-0.39, 0.29) is 12.1 Å². The number of aromatic nitrogens is 2. The third-order valence-corrected chi connectivity index (χ3v) is 4.68. The molecule has 152 valence electrons. The molecule has 1 aliphatic rings. The molecule has 0 spiro atoms. The Kier molecular flexibility index (Phi) is 7.45. The van der Waals surface area contributed by atoms with E-state index >= 15 is 0 Å². The molecule has 2 amide bonds. The summed E-state index contributed by atoms with van der Waals surface area (Å²) in [5.74, 6) is 0.638. The van der Waals surface area contributed by atoms with E-state index in [9.17, 15) is 4.79 Å². The Bertz CT molecular complexity index is 732. The second kappa shape index (κ2) is 10.2. The van der Waals surface area contributed by atoms with Gasteiger partial charge in [-0.15, -0.1) is 0 Å². The van der Waals surface area contributed by atoms with Crippen molar-refractivity contribution in [2.45, 2.75) is 33.0 Å². The van der Waals surface area contributed by atoms with E-state index in [1.165, 1.54) is 0 Å². The van der Waals surface area contributed by atoms with Gasteiger partial charge < -0.3 is 15.4 Å². The molecule has 2 N–H and O–H groups in total. The van der Waals surface area contributed by atoms with E-state index in [4.69, 9.17) is 4.74 Å². The van der Waals surface area contributed by atoms with Gasteiger partial charge in [-0.3, -0.25) is 9.58 Å². The van der Waals surface area contributed by atoms with Gasteiger partial charge >= 0.3 is 6.03 Å². The van der Waals surface area contributed by atoms with Gasteiger partial charge in [0.25, 0.3) is 0 Å². The van der Waals surface area contributed by atoms with Crippen LogP contribution < -0.4 is 10.6 Å². The summed E-state index contributed by atoms with van der Waals surface area (Å²) in [6.07, 6.45) is 3.76. The van der Waals surface area contributed by atoms with Crippen LogP contribution in [-0.4, -0.2) is 59.6 Å². The van der Waals surface area contributed by atoms with Crippen molar-refractivity contribution in [1.82, 2.24) is 25.3 Å². The van der Waals surface area contributed by atoms with E-state index in [0.29, 0.717) is 19.0 Å². The average molecular weight is 386 g/mol. The fourth-order valence-corrected chi connectivity index (χ4v) is 3.46. The largest absolute Gasteiger partial charge is 0.374 e. The van der Waals surface area contributed by atoms with Crippen LogP contribution >= 0.6 is 0 Å². The van der Waals surface area contributed by atoms with Crippen LogP contribution in [0.2, 0.25) is 0 Å². The smallest absolute Gasteiger partial charge is 0.315 e. The molecule has 0 aliphatic carbocycles. The highest BCUT2D eigenvalue weighted by molar-refractivity contribution is 5.73. The summed E-state index contributed by atoms with van der Waals surface area (Å²) in [5.41, 5.74) is 2.22. The Morgan fingerprint density at radius 1 is 1.29 bits per heavy atom. The number of nitrogens with one attached hydrogen (secondary N) is 2. The molecule has 7 heteroatoms. The minimum atomic E-state index is -0.165. The quantitative estimate of drug-likeness (QED) is 0.730. The predicted octanol–water partition coefficient (Wildman–Crippen LogP) is 2.09. The van der Waals surface area contributed by atoms with Crippen molar-refractivity contribution >= 4 is 6.03 Å². The number of carbonyl (C=O) groups excluding carboxylic acids is 1. The van der Waals surface area contributed by atoms with Crippen LogP contribution in [0.15, 0.2) is 42.7 Å². The van der Waals surface area contributed by atoms with Crippen molar-refractivity contribution in [2.24, 2.45) is 5.92 Å². The summed E-state index contributed by atoms with van der Waals surface area (Å²) in [7, 11) is 0.